The van der Waals surface area contributed by atoms with Crippen LogP contribution in [0.25, 0.3) is 5.82 Å². The van der Waals surface area contributed by atoms with Crippen molar-refractivity contribution in [3.05, 3.63) is 41.3 Å². The van der Waals surface area contributed by atoms with Gasteiger partial charge in [0.05, 0.1) is 5.69 Å². The molecule has 0 N–H and O–H groups in total. The van der Waals surface area contributed by atoms with Crippen molar-refractivity contribution >= 4 is 11.6 Å². The van der Waals surface area contributed by atoms with Crippen molar-refractivity contribution in [1.82, 2.24) is 14.8 Å². The SMILES string of the molecule is CC(C)c1ccn(-c2cc(CCl)cc(C(C)(C)C)n2)n1. The average molecular weight is 292 g/mol. The second-order valence-corrected chi connectivity index (χ2v) is 6.71. The molecule has 0 aromatic carbocycles. The molecule has 2 aromatic heterocycles. The maximum Gasteiger partial charge on any atom is 0.153 e. The summed E-state index contributed by atoms with van der Waals surface area (Å²) in [6, 6.07) is 6.11. The Labute approximate surface area is 126 Å². The minimum atomic E-state index is -0.00908. The van der Waals surface area contributed by atoms with E-state index in [1.807, 2.05) is 23.0 Å². The monoisotopic (exact) mass is 291 g/mol. The first-order valence-corrected chi connectivity index (χ1v) is 7.48. The molecule has 0 fully saturated rings. The number of hydrogen-bond donors (Lipinski definition) is 0. The number of nitrogens with zero attached hydrogens (tertiary/aromatic N) is 3. The molecule has 20 heavy (non-hydrogen) atoms. The standard InChI is InChI=1S/C16H22ClN3/c1-11(2)13-6-7-20(19-13)15-9-12(10-17)8-14(18-15)16(3,4)5/h6-9,11H,10H2,1-5H3. The highest BCUT2D eigenvalue weighted by Gasteiger charge is 2.18. The van der Waals surface area contributed by atoms with E-state index in [0.29, 0.717) is 11.8 Å². The molecule has 3 nitrogen and oxygen atoms in total. The van der Waals surface area contributed by atoms with Gasteiger partial charge >= 0.3 is 0 Å². The molecule has 0 amide bonds. The van der Waals surface area contributed by atoms with E-state index in [1.165, 1.54) is 0 Å². The Hall–Kier alpha value is -1.35. The lowest BCUT2D eigenvalue weighted by Gasteiger charge is -2.19. The van der Waals surface area contributed by atoms with Gasteiger partial charge in [0.1, 0.15) is 0 Å². The van der Waals surface area contributed by atoms with Crippen LogP contribution >= 0.6 is 11.6 Å². The molecule has 2 aromatic rings. The molecular formula is C16H22ClN3. The van der Waals surface area contributed by atoms with E-state index in [-0.39, 0.29) is 5.41 Å². The van der Waals surface area contributed by atoms with Crippen molar-refractivity contribution in [2.45, 2.75) is 51.8 Å². The summed E-state index contributed by atoms with van der Waals surface area (Å²) in [4.78, 5) is 4.74. The quantitative estimate of drug-likeness (QED) is 0.783. The van der Waals surface area contributed by atoms with E-state index < -0.39 is 0 Å². The molecule has 2 rings (SSSR count). The van der Waals surface area contributed by atoms with E-state index in [0.717, 1.165) is 22.8 Å². The van der Waals surface area contributed by atoms with Crippen LogP contribution in [0.1, 0.15) is 57.5 Å². The second-order valence-electron chi connectivity index (χ2n) is 6.44. The fourth-order valence-electron chi connectivity index (χ4n) is 1.92. The van der Waals surface area contributed by atoms with E-state index in [4.69, 9.17) is 16.6 Å². The Balaban J connectivity index is 2.49. The predicted molar refractivity (Wildman–Crippen MR) is 83.7 cm³/mol. The maximum atomic E-state index is 6.01. The normalized spacial score (nSPS) is 12.2. The number of rotatable bonds is 3. The average Bonchev–Trinajstić information content (AvgIpc) is 2.87. The van der Waals surface area contributed by atoms with Crippen LogP contribution in [0.15, 0.2) is 24.4 Å². The summed E-state index contributed by atoms with van der Waals surface area (Å²) in [7, 11) is 0. The van der Waals surface area contributed by atoms with Gasteiger partial charge in [-0.2, -0.15) is 5.10 Å². The number of pyridine rings is 1. The summed E-state index contributed by atoms with van der Waals surface area (Å²) in [6.07, 6.45) is 1.96. The molecule has 0 saturated heterocycles. The lowest BCUT2D eigenvalue weighted by atomic mass is 9.91. The lowest BCUT2D eigenvalue weighted by molar-refractivity contribution is 0.565. The first-order valence-electron chi connectivity index (χ1n) is 6.94. The van der Waals surface area contributed by atoms with Gasteiger partial charge in [-0.1, -0.05) is 34.6 Å². The van der Waals surface area contributed by atoms with Gasteiger partial charge in [-0.3, -0.25) is 0 Å². The number of aromatic nitrogens is 3. The van der Waals surface area contributed by atoms with Crippen molar-refractivity contribution < 1.29 is 0 Å². The van der Waals surface area contributed by atoms with Crippen LogP contribution in [0.4, 0.5) is 0 Å². The van der Waals surface area contributed by atoms with Gasteiger partial charge in [0, 0.05) is 23.2 Å². The minimum absolute atomic E-state index is 0.00908. The Morgan fingerprint density at radius 1 is 1.25 bits per heavy atom. The van der Waals surface area contributed by atoms with Gasteiger partial charge in [-0.05, 0) is 29.7 Å². The molecule has 4 heteroatoms. The van der Waals surface area contributed by atoms with Crippen molar-refractivity contribution in [3.63, 3.8) is 0 Å². The van der Waals surface area contributed by atoms with Crippen molar-refractivity contribution in [3.8, 4) is 5.82 Å². The molecule has 0 spiro atoms. The van der Waals surface area contributed by atoms with Crippen molar-refractivity contribution in [2.75, 3.05) is 0 Å². The van der Waals surface area contributed by atoms with Crippen LogP contribution in [-0.2, 0) is 11.3 Å². The van der Waals surface area contributed by atoms with Crippen molar-refractivity contribution in [1.29, 1.82) is 0 Å². The van der Waals surface area contributed by atoms with Crippen LogP contribution in [0.2, 0.25) is 0 Å². The third-order valence-electron chi connectivity index (χ3n) is 3.23. The molecule has 0 radical (unpaired) electrons. The van der Waals surface area contributed by atoms with E-state index in [9.17, 15) is 0 Å². The summed E-state index contributed by atoms with van der Waals surface area (Å²) < 4.78 is 1.83. The van der Waals surface area contributed by atoms with Crippen LogP contribution in [0, 0.1) is 0 Å². The van der Waals surface area contributed by atoms with Crippen LogP contribution < -0.4 is 0 Å². The van der Waals surface area contributed by atoms with Crippen LogP contribution in [0.5, 0.6) is 0 Å². The first-order chi connectivity index (χ1) is 9.31. The number of alkyl halides is 1. The second kappa shape index (κ2) is 5.57. The molecule has 0 saturated carbocycles. The summed E-state index contributed by atoms with van der Waals surface area (Å²) in [6.45, 7) is 10.7. The van der Waals surface area contributed by atoms with Gasteiger partial charge in [0.15, 0.2) is 5.82 Å². The molecule has 0 unspecified atom stereocenters. The first kappa shape index (κ1) is 15.0. The molecule has 2 heterocycles. The van der Waals surface area contributed by atoms with E-state index >= 15 is 0 Å². The molecule has 108 valence electrons. The zero-order chi connectivity index (χ0) is 14.9. The summed E-state index contributed by atoms with van der Waals surface area (Å²) in [5.74, 6) is 1.73. The molecule has 0 aliphatic heterocycles. The lowest BCUT2D eigenvalue weighted by Crippen LogP contribution is -2.16. The predicted octanol–water partition coefficient (Wildman–Crippen LogP) is 4.43. The van der Waals surface area contributed by atoms with Gasteiger partial charge in [0.2, 0.25) is 0 Å². The molecule has 0 aliphatic carbocycles. The van der Waals surface area contributed by atoms with E-state index in [1.54, 1.807) is 0 Å². The Bertz CT molecular complexity index is 594. The fourth-order valence-corrected chi connectivity index (χ4v) is 2.08. The van der Waals surface area contributed by atoms with Crippen molar-refractivity contribution in [2.24, 2.45) is 0 Å². The highest BCUT2D eigenvalue weighted by Crippen LogP contribution is 2.24. The number of halogens is 1. The summed E-state index contributed by atoms with van der Waals surface area (Å²) >= 11 is 6.01. The Kier molecular flexibility index (Phi) is 4.19. The Morgan fingerprint density at radius 3 is 2.45 bits per heavy atom. The maximum absolute atomic E-state index is 6.01. The Morgan fingerprint density at radius 2 is 1.95 bits per heavy atom. The molecule has 0 atom stereocenters. The molecule has 0 aliphatic rings. The third-order valence-corrected chi connectivity index (χ3v) is 3.54. The van der Waals surface area contributed by atoms with Gasteiger partial charge in [0.25, 0.3) is 0 Å². The molecule has 0 bridgehead atoms. The summed E-state index contributed by atoms with van der Waals surface area (Å²) in [5.41, 5.74) is 3.17. The third kappa shape index (κ3) is 3.21. The van der Waals surface area contributed by atoms with E-state index in [2.05, 4.69) is 45.8 Å². The van der Waals surface area contributed by atoms with Crippen LogP contribution in [-0.4, -0.2) is 14.8 Å². The zero-order valence-corrected chi connectivity index (χ0v) is 13.6. The topological polar surface area (TPSA) is 30.7 Å². The minimum Gasteiger partial charge on any atom is -0.233 e. The largest absolute Gasteiger partial charge is 0.233 e. The van der Waals surface area contributed by atoms with Crippen LogP contribution in [0.3, 0.4) is 0 Å². The fraction of sp³-hybridized carbons (Fsp3) is 0.500. The molecular weight excluding hydrogens is 270 g/mol. The number of hydrogen-bond acceptors (Lipinski definition) is 2. The smallest absolute Gasteiger partial charge is 0.153 e. The van der Waals surface area contributed by atoms with Gasteiger partial charge < -0.3 is 0 Å². The van der Waals surface area contributed by atoms with Gasteiger partial charge in [-0.15, -0.1) is 11.6 Å². The summed E-state index contributed by atoms with van der Waals surface area (Å²) in [5, 5.41) is 4.59. The highest BCUT2D eigenvalue weighted by molar-refractivity contribution is 6.17. The van der Waals surface area contributed by atoms with Gasteiger partial charge in [-0.25, -0.2) is 9.67 Å². The zero-order valence-electron chi connectivity index (χ0n) is 12.8. The highest BCUT2D eigenvalue weighted by atomic mass is 35.5.